The summed E-state index contributed by atoms with van der Waals surface area (Å²) in [4.78, 5) is 8.33. The molecule has 0 spiro atoms. The topological polar surface area (TPSA) is 341 Å². The van der Waals surface area contributed by atoms with Crippen LogP contribution in [-0.4, -0.2) is 142 Å². The van der Waals surface area contributed by atoms with E-state index >= 15 is 0 Å². The fraction of sp³-hybridized carbons (Fsp3) is 0. The Hall–Kier alpha value is 1.74. The van der Waals surface area contributed by atoms with Crippen molar-refractivity contribution in [1.29, 1.82) is 0 Å². The number of rotatable bonds is 0. The van der Waals surface area contributed by atoms with Crippen LogP contribution in [0.5, 0.6) is 0 Å². The van der Waals surface area contributed by atoms with Crippen molar-refractivity contribution in [3.63, 3.8) is 0 Å². The van der Waals surface area contributed by atoms with Gasteiger partial charge in [0.15, 0.2) is 0 Å². The third-order valence-corrected chi connectivity index (χ3v) is 0. The second kappa shape index (κ2) is 221. The van der Waals surface area contributed by atoms with E-state index in [4.69, 9.17) is 15.0 Å². The van der Waals surface area contributed by atoms with Crippen LogP contribution < -0.4 is 10.2 Å². The molecule has 0 rings (SSSR count). The molecule has 0 saturated heterocycles. The summed E-state index contributed by atoms with van der Waals surface area (Å²) in [7, 11) is 0. The fourth-order valence-corrected chi connectivity index (χ4v) is 0. The van der Waals surface area contributed by atoms with Crippen molar-refractivity contribution in [2.75, 3.05) is 0 Å². The Bertz CT molecular complexity index is 44.7. The summed E-state index contributed by atoms with van der Waals surface area (Å²) in [5, 5.41) is 16.7. The molecule has 0 aliphatic rings. The normalized spacial score (nSPS) is 1.41. The van der Waals surface area contributed by atoms with Crippen molar-refractivity contribution < 1.29 is 64.3 Å². The minimum absolute atomic E-state index is 0. The zero-order valence-corrected chi connectivity index (χ0v) is 14.1. The summed E-state index contributed by atoms with van der Waals surface area (Å²) in [6.07, 6.45) is -2.33. The maximum absolute atomic E-state index is 8.33. The second-order valence-electron chi connectivity index (χ2n) is 0.250. The molecule has 0 aromatic heterocycles. The van der Waals surface area contributed by atoms with Gasteiger partial charge in [-0.2, -0.15) is 0 Å². The molecule has 17 heavy (non-hydrogen) atoms. The molecule has 0 bridgehead atoms. The molecule has 0 aliphatic carbocycles. The number of hydrogen-bond donors (Lipinski definition) is 0. The van der Waals surface area contributed by atoms with Crippen LogP contribution in [0.15, 0.2) is 0 Å². The van der Waals surface area contributed by atoms with Gasteiger partial charge in [0.1, 0.15) is 0 Å². The van der Waals surface area contributed by atoms with Crippen LogP contribution in [0.25, 0.3) is 0 Å². The molecule has 0 unspecified atom stereocenters. The van der Waals surface area contributed by atoms with Crippen LogP contribution in [0, 0.1) is 0 Å². The fourth-order valence-electron chi connectivity index (χ4n) is 0. The first-order valence-electron chi connectivity index (χ1n) is 0.612. The molecule has 0 heterocycles. The summed E-state index contributed by atoms with van der Waals surface area (Å²) in [5.74, 6) is 0. The molecule has 16 heteroatoms. The van der Waals surface area contributed by atoms with Crippen molar-refractivity contribution >= 4 is 92.7 Å². The van der Waals surface area contributed by atoms with E-state index in [-0.39, 0.29) is 136 Å². The molecule has 99 valence electrons. The van der Waals surface area contributed by atoms with Crippen LogP contribution in [0.2, 0.25) is 0 Å². The molecule has 0 fully saturated rings. The SMILES string of the molecule is O.O.O.O.O.O=C([O-])[O-].[Al].[Mg+2].[Mg+2].[Mg+2].[OH-].[OH-].[OH-].[OH-]. The minimum Gasteiger partial charge on any atom is -0.870 e. The Morgan fingerprint density at radius 2 is 0.588 bits per heavy atom. The molecule has 0 saturated carbocycles. The molecule has 0 aliphatic heterocycles. The third kappa shape index (κ3) is 1450. The summed E-state index contributed by atoms with van der Waals surface area (Å²) >= 11 is 0. The van der Waals surface area contributed by atoms with Gasteiger partial charge < -0.3 is 64.3 Å². The van der Waals surface area contributed by atoms with E-state index < -0.39 is 6.16 Å². The molecule has 0 aromatic rings. The van der Waals surface area contributed by atoms with E-state index in [0.717, 1.165) is 0 Å². The predicted molar refractivity (Wildman–Crippen MR) is 54.2 cm³/mol. The summed E-state index contributed by atoms with van der Waals surface area (Å²) in [5.41, 5.74) is 0. The Kier molecular flexibility index (Phi) is 3410. The Labute approximate surface area is 155 Å². The van der Waals surface area contributed by atoms with Gasteiger partial charge in [-0.1, -0.05) is 0 Å². The first-order chi connectivity index (χ1) is 1.73. The minimum atomic E-state index is -2.33. The smallest absolute Gasteiger partial charge is 0.870 e. The van der Waals surface area contributed by atoms with Crippen LogP contribution in [0.4, 0.5) is 4.79 Å². The van der Waals surface area contributed by atoms with Crippen molar-refractivity contribution in [2.45, 2.75) is 0 Å². The average Bonchev–Trinajstić information content (AvgIpc) is 0.811. The molecular weight excluding hydrogens is 304 g/mol. The summed E-state index contributed by atoms with van der Waals surface area (Å²) < 4.78 is 0. The van der Waals surface area contributed by atoms with Gasteiger partial charge in [0.25, 0.3) is 0 Å². The third-order valence-electron chi connectivity index (χ3n) is 0. The van der Waals surface area contributed by atoms with E-state index in [0.29, 0.717) is 0 Å². The number of carbonyl (C=O) groups is 1. The second-order valence-corrected chi connectivity index (χ2v) is 0.250. The van der Waals surface area contributed by atoms with Crippen LogP contribution in [0.1, 0.15) is 0 Å². The Morgan fingerprint density at radius 1 is 0.588 bits per heavy atom. The monoisotopic (exact) mass is 317 g/mol. The quantitative estimate of drug-likeness (QED) is 0.387. The van der Waals surface area contributed by atoms with Gasteiger partial charge in [-0.25, -0.2) is 0 Å². The molecule has 3 radical (unpaired) electrons. The number of carboxylic acid groups (broad SMARTS) is 2. The van der Waals surface area contributed by atoms with Gasteiger partial charge in [0, 0.05) is 17.4 Å². The van der Waals surface area contributed by atoms with E-state index in [1.807, 2.05) is 0 Å². The van der Waals surface area contributed by atoms with Gasteiger partial charge >= 0.3 is 69.2 Å². The summed E-state index contributed by atoms with van der Waals surface area (Å²) in [6.45, 7) is 0. The summed E-state index contributed by atoms with van der Waals surface area (Å²) in [6, 6.07) is 0. The van der Waals surface area contributed by atoms with Crippen molar-refractivity contribution in [1.82, 2.24) is 0 Å². The maximum atomic E-state index is 8.33. The number of hydrogen-bond acceptors (Lipinski definition) is 7. The van der Waals surface area contributed by atoms with Gasteiger partial charge in [0.05, 0.1) is 0 Å². The largest absolute Gasteiger partial charge is 2.00 e. The van der Waals surface area contributed by atoms with Crippen LogP contribution in [-0.2, 0) is 0 Å². The van der Waals surface area contributed by atoms with Gasteiger partial charge in [-0.3, -0.25) is 0 Å². The standard InChI is InChI=1S/CH2O3.Al.3Mg.9H2O/c2-1(3)4;;;;;;;;;;;;;/h(H2,2,3,4);;;;;9*1H2/q;;3*+2;;;;;;;;;/p-6. The van der Waals surface area contributed by atoms with E-state index in [1.165, 1.54) is 0 Å². The first-order valence-corrected chi connectivity index (χ1v) is 0.612. The Morgan fingerprint density at radius 3 is 0.588 bits per heavy atom. The van der Waals surface area contributed by atoms with Gasteiger partial charge in [-0.05, 0) is 6.16 Å². The van der Waals surface area contributed by atoms with Crippen LogP contribution in [0.3, 0.4) is 0 Å². The van der Waals surface area contributed by atoms with Crippen molar-refractivity contribution in [2.24, 2.45) is 0 Å². The van der Waals surface area contributed by atoms with Gasteiger partial charge in [0.2, 0.25) is 0 Å². The van der Waals surface area contributed by atoms with Crippen molar-refractivity contribution in [3.8, 4) is 0 Å². The van der Waals surface area contributed by atoms with E-state index in [2.05, 4.69) is 0 Å². The van der Waals surface area contributed by atoms with E-state index in [1.54, 1.807) is 0 Å². The predicted octanol–water partition coefficient (Wildman–Crippen LogP) is -8.80. The molecule has 14 N–H and O–H groups in total. The van der Waals surface area contributed by atoms with Crippen molar-refractivity contribution in [3.05, 3.63) is 0 Å². The molecule has 0 aromatic carbocycles. The number of carbonyl (C=O) groups excluding carboxylic acids is 1. The molecule has 0 atom stereocenters. The zero-order valence-electron chi connectivity index (χ0n) is 8.71. The van der Waals surface area contributed by atoms with Gasteiger partial charge in [-0.15, -0.1) is 0 Å². The Balaban J connectivity index is -0.000000000577. The van der Waals surface area contributed by atoms with Crippen LogP contribution >= 0.6 is 0 Å². The molecular formula is CH14AlMg3O12. The first kappa shape index (κ1) is 262. The zero-order chi connectivity index (χ0) is 3.58. The molecule has 0 amide bonds. The molecule has 12 nitrogen and oxygen atoms in total. The maximum Gasteiger partial charge on any atom is 2.00 e. The average molecular weight is 318 g/mol. The van der Waals surface area contributed by atoms with E-state index in [9.17, 15) is 0 Å².